The second kappa shape index (κ2) is 3.88. The molecule has 84 valence electrons. The van der Waals surface area contributed by atoms with Crippen LogP contribution in [0, 0.1) is 17.5 Å². The van der Waals surface area contributed by atoms with Crippen molar-refractivity contribution < 1.29 is 17.9 Å². The van der Waals surface area contributed by atoms with Crippen molar-refractivity contribution in [3.05, 3.63) is 35.8 Å². The number of hydrogen-bond acceptors (Lipinski definition) is 2. The highest BCUT2D eigenvalue weighted by molar-refractivity contribution is 5.59. The minimum atomic E-state index is -1.49. The zero-order chi connectivity index (χ0) is 11.7. The van der Waals surface area contributed by atoms with Crippen LogP contribution in [0.2, 0.25) is 0 Å². The van der Waals surface area contributed by atoms with Gasteiger partial charge in [-0.3, -0.25) is 0 Å². The van der Waals surface area contributed by atoms with Gasteiger partial charge in [0.1, 0.15) is 0 Å². The molecule has 0 aliphatic heterocycles. The summed E-state index contributed by atoms with van der Waals surface area (Å²) < 4.78 is 43.3. The molecule has 1 N–H and O–H groups in total. The number of hydrogen-bond donors (Lipinski definition) is 1. The molecule has 2 aromatic rings. The van der Waals surface area contributed by atoms with E-state index in [-0.39, 0.29) is 11.6 Å². The standard InChI is InChI=1S/C10H7F3N2O/c1-16-10-14-4-8(15-10)5-2-6(11)9(13)7(12)3-5/h2-4H,1H3,(H,14,15). The van der Waals surface area contributed by atoms with Crippen molar-refractivity contribution >= 4 is 0 Å². The first kappa shape index (κ1) is 10.5. The average Bonchev–Trinajstić information content (AvgIpc) is 2.73. The molecule has 0 aliphatic carbocycles. The third-order valence-corrected chi connectivity index (χ3v) is 2.04. The number of halogens is 3. The van der Waals surface area contributed by atoms with E-state index in [1.807, 2.05) is 0 Å². The monoisotopic (exact) mass is 228 g/mol. The molecular formula is C10H7F3N2O. The van der Waals surface area contributed by atoms with Crippen molar-refractivity contribution in [2.75, 3.05) is 7.11 Å². The number of methoxy groups -OCH3 is 1. The van der Waals surface area contributed by atoms with Crippen molar-refractivity contribution in [1.29, 1.82) is 0 Å². The lowest BCUT2D eigenvalue weighted by molar-refractivity contribution is 0.384. The van der Waals surface area contributed by atoms with Gasteiger partial charge in [-0.2, -0.15) is 0 Å². The zero-order valence-corrected chi connectivity index (χ0v) is 8.22. The number of aromatic amines is 1. The number of nitrogens with one attached hydrogen (secondary N) is 1. The van der Waals surface area contributed by atoms with Gasteiger partial charge in [0.2, 0.25) is 0 Å². The predicted molar refractivity (Wildman–Crippen MR) is 50.4 cm³/mol. The first-order valence-corrected chi connectivity index (χ1v) is 4.35. The summed E-state index contributed by atoms with van der Waals surface area (Å²) in [7, 11) is 1.40. The summed E-state index contributed by atoms with van der Waals surface area (Å²) in [6.07, 6.45) is 1.34. The van der Waals surface area contributed by atoms with Crippen LogP contribution in [0.5, 0.6) is 6.01 Å². The summed E-state index contributed by atoms with van der Waals surface area (Å²) in [5.41, 5.74) is 0.502. The fraction of sp³-hybridized carbons (Fsp3) is 0.100. The van der Waals surface area contributed by atoms with Gasteiger partial charge >= 0.3 is 0 Å². The molecule has 0 spiro atoms. The molecule has 1 aromatic carbocycles. The SMILES string of the molecule is COc1ncc(-c2cc(F)c(F)c(F)c2)[nH]1. The van der Waals surface area contributed by atoms with Crippen molar-refractivity contribution in [1.82, 2.24) is 9.97 Å². The Bertz CT molecular complexity index is 502. The number of ether oxygens (including phenoxy) is 1. The zero-order valence-electron chi connectivity index (χ0n) is 8.22. The van der Waals surface area contributed by atoms with E-state index < -0.39 is 17.5 Å². The summed E-state index contributed by atoms with van der Waals surface area (Å²) >= 11 is 0. The molecule has 6 heteroatoms. The van der Waals surface area contributed by atoms with Crippen molar-refractivity contribution in [2.45, 2.75) is 0 Å². The number of benzene rings is 1. The van der Waals surface area contributed by atoms with Gasteiger partial charge in [0.05, 0.1) is 19.0 Å². The van der Waals surface area contributed by atoms with Crippen LogP contribution in [0.3, 0.4) is 0 Å². The van der Waals surface area contributed by atoms with E-state index in [0.29, 0.717) is 5.69 Å². The van der Waals surface area contributed by atoms with E-state index in [1.165, 1.54) is 13.3 Å². The van der Waals surface area contributed by atoms with Gasteiger partial charge in [-0.25, -0.2) is 18.2 Å². The Labute approximate surface area is 88.9 Å². The summed E-state index contributed by atoms with van der Waals surface area (Å²) in [5.74, 6) is -3.98. The highest BCUT2D eigenvalue weighted by Gasteiger charge is 2.12. The number of aromatic nitrogens is 2. The molecule has 0 bridgehead atoms. The lowest BCUT2D eigenvalue weighted by Gasteiger charge is -2.00. The summed E-state index contributed by atoms with van der Waals surface area (Å²) in [4.78, 5) is 6.44. The van der Waals surface area contributed by atoms with Crippen molar-refractivity contribution in [2.24, 2.45) is 0 Å². The first-order chi connectivity index (χ1) is 7.61. The second-order valence-electron chi connectivity index (χ2n) is 3.06. The number of rotatable bonds is 2. The largest absolute Gasteiger partial charge is 0.468 e. The minimum absolute atomic E-state index is 0.159. The van der Waals surface area contributed by atoms with E-state index in [2.05, 4.69) is 9.97 Å². The van der Waals surface area contributed by atoms with Crippen molar-refractivity contribution in [3.63, 3.8) is 0 Å². The summed E-state index contributed by atoms with van der Waals surface area (Å²) in [5, 5.41) is 0. The first-order valence-electron chi connectivity index (χ1n) is 4.35. The molecule has 0 saturated carbocycles. The maximum absolute atomic E-state index is 12.9. The molecule has 0 amide bonds. The average molecular weight is 228 g/mol. The lowest BCUT2D eigenvalue weighted by atomic mass is 10.1. The molecule has 3 nitrogen and oxygen atoms in total. The van der Waals surface area contributed by atoms with Gasteiger partial charge < -0.3 is 9.72 Å². The summed E-state index contributed by atoms with van der Waals surface area (Å²) in [6.45, 7) is 0. The van der Waals surface area contributed by atoms with E-state index in [0.717, 1.165) is 12.1 Å². The molecule has 1 heterocycles. The molecule has 0 aliphatic rings. The topological polar surface area (TPSA) is 37.9 Å². The van der Waals surface area contributed by atoms with Crippen LogP contribution in [-0.2, 0) is 0 Å². The van der Waals surface area contributed by atoms with Crippen LogP contribution < -0.4 is 4.74 Å². The Morgan fingerprint density at radius 3 is 2.31 bits per heavy atom. The van der Waals surface area contributed by atoms with Gasteiger partial charge in [-0.05, 0) is 12.1 Å². The predicted octanol–water partition coefficient (Wildman–Crippen LogP) is 2.50. The van der Waals surface area contributed by atoms with Gasteiger partial charge in [0, 0.05) is 5.56 Å². The molecule has 0 unspecified atom stereocenters. The Hall–Kier alpha value is -1.98. The van der Waals surface area contributed by atoms with E-state index in [1.54, 1.807) is 0 Å². The smallest absolute Gasteiger partial charge is 0.293 e. The molecule has 16 heavy (non-hydrogen) atoms. The molecule has 0 saturated heterocycles. The van der Waals surface area contributed by atoms with Crippen LogP contribution in [0.25, 0.3) is 11.3 Å². The number of nitrogens with zero attached hydrogens (tertiary/aromatic N) is 1. The highest BCUT2D eigenvalue weighted by atomic mass is 19.2. The van der Waals surface area contributed by atoms with Gasteiger partial charge in [0.15, 0.2) is 17.5 Å². The molecule has 2 rings (SSSR count). The highest BCUT2D eigenvalue weighted by Crippen LogP contribution is 2.23. The Kier molecular flexibility index (Phi) is 2.55. The third kappa shape index (κ3) is 1.73. The molecule has 0 fully saturated rings. The fourth-order valence-corrected chi connectivity index (χ4v) is 1.26. The molecular weight excluding hydrogens is 221 g/mol. The van der Waals surface area contributed by atoms with E-state index in [4.69, 9.17) is 4.74 Å². The minimum Gasteiger partial charge on any atom is -0.468 e. The van der Waals surface area contributed by atoms with Gasteiger partial charge in [-0.15, -0.1) is 0 Å². The normalized spacial score (nSPS) is 10.5. The van der Waals surface area contributed by atoms with Gasteiger partial charge in [-0.1, -0.05) is 0 Å². The Balaban J connectivity index is 2.48. The van der Waals surface area contributed by atoms with Gasteiger partial charge in [0.25, 0.3) is 6.01 Å². The molecule has 0 radical (unpaired) electrons. The van der Waals surface area contributed by atoms with E-state index in [9.17, 15) is 13.2 Å². The second-order valence-corrected chi connectivity index (χ2v) is 3.06. The van der Waals surface area contributed by atoms with Crippen LogP contribution >= 0.6 is 0 Å². The van der Waals surface area contributed by atoms with Crippen molar-refractivity contribution in [3.8, 4) is 17.3 Å². The van der Waals surface area contributed by atoms with Crippen LogP contribution in [0.4, 0.5) is 13.2 Å². The quantitative estimate of drug-likeness (QED) is 0.802. The number of imidazole rings is 1. The lowest BCUT2D eigenvalue weighted by Crippen LogP contribution is -1.92. The maximum atomic E-state index is 12.9. The molecule has 0 atom stereocenters. The fourth-order valence-electron chi connectivity index (χ4n) is 1.26. The summed E-state index contributed by atoms with van der Waals surface area (Å²) in [6, 6.07) is 1.97. The molecule has 1 aromatic heterocycles. The number of H-pyrrole nitrogens is 1. The third-order valence-electron chi connectivity index (χ3n) is 2.04. The maximum Gasteiger partial charge on any atom is 0.293 e. The van der Waals surface area contributed by atoms with Crippen LogP contribution in [-0.4, -0.2) is 17.1 Å². The Morgan fingerprint density at radius 1 is 1.19 bits per heavy atom. The van der Waals surface area contributed by atoms with Crippen LogP contribution in [0.15, 0.2) is 18.3 Å². The Morgan fingerprint density at radius 2 is 1.81 bits per heavy atom. The van der Waals surface area contributed by atoms with E-state index >= 15 is 0 Å². The van der Waals surface area contributed by atoms with Crippen LogP contribution in [0.1, 0.15) is 0 Å².